The van der Waals surface area contributed by atoms with Gasteiger partial charge in [-0.15, -0.1) is 0 Å². The minimum Gasteiger partial charge on any atom is -0.427 e. The topological polar surface area (TPSA) is 45.0 Å². The molecule has 1 rings (SSSR count). The summed E-state index contributed by atoms with van der Waals surface area (Å²) in [7, 11) is 0. The van der Waals surface area contributed by atoms with E-state index >= 15 is 0 Å². The van der Waals surface area contributed by atoms with E-state index in [9.17, 15) is 0 Å². The molecule has 1 aliphatic heterocycles. The molecule has 1 saturated heterocycles. The molecule has 0 amide bonds. The first-order valence-corrected chi connectivity index (χ1v) is 3.65. The van der Waals surface area contributed by atoms with Crippen LogP contribution >= 0.6 is 0 Å². The lowest BCUT2D eigenvalue weighted by Gasteiger charge is -2.20. The van der Waals surface area contributed by atoms with Crippen LogP contribution in [-0.4, -0.2) is 19.7 Å². The van der Waals surface area contributed by atoms with Gasteiger partial charge in [0.25, 0.3) is 6.26 Å². The molecule has 1 unspecified atom stereocenters. The van der Waals surface area contributed by atoms with E-state index in [4.69, 9.17) is 5.26 Å². The lowest BCUT2D eigenvalue weighted by molar-refractivity contribution is 0.187. The second kappa shape index (κ2) is 4.13. The third kappa shape index (κ3) is 2.24. The zero-order valence-corrected chi connectivity index (χ0v) is 5.97. The van der Waals surface area contributed by atoms with Crippen molar-refractivity contribution in [2.45, 2.75) is 12.8 Å². The summed E-state index contributed by atoms with van der Waals surface area (Å²) in [5.41, 5.74) is 0. The Labute approximate surface area is 61.0 Å². The minimum atomic E-state index is 0.549. The smallest absolute Gasteiger partial charge is 0.286 e. The van der Waals surface area contributed by atoms with Crippen LogP contribution in [0.2, 0.25) is 0 Å². The van der Waals surface area contributed by atoms with Crippen molar-refractivity contribution in [3.05, 3.63) is 0 Å². The first-order valence-electron chi connectivity index (χ1n) is 3.65. The van der Waals surface area contributed by atoms with Gasteiger partial charge in [-0.25, -0.2) is 0 Å². The van der Waals surface area contributed by atoms with Crippen molar-refractivity contribution < 1.29 is 4.74 Å². The van der Waals surface area contributed by atoms with E-state index in [1.54, 1.807) is 6.26 Å². The van der Waals surface area contributed by atoms with Crippen molar-refractivity contribution in [2.24, 2.45) is 5.92 Å². The first-order chi connectivity index (χ1) is 4.93. The summed E-state index contributed by atoms with van der Waals surface area (Å²) in [6.45, 7) is 2.70. The van der Waals surface area contributed by atoms with Crippen LogP contribution in [0.15, 0.2) is 0 Å². The normalized spacial score (nSPS) is 25.3. The fraction of sp³-hybridized carbons (Fsp3) is 0.857. The molecule has 0 aliphatic carbocycles. The number of piperidine rings is 1. The molecule has 0 spiro atoms. The van der Waals surface area contributed by atoms with Gasteiger partial charge in [-0.1, -0.05) is 0 Å². The average molecular weight is 140 g/mol. The predicted octanol–water partition coefficient (Wildman–Crippen LogP) is 0.484. The molecule has 56 valence electrons. The summed E-state index contributed by atoms with van der Waals surface area (Å²) in [4.78, 5) is 0. The summed E-state index contributed by atoms with van der Waals surface area (Å²) >= 11 is 0. The van der Waals surface area contributed by atoms with Crippen LogP contribution in [-0.2, 0) is 4.74 Å². The molecule has 1 N–H and O–H groups in total. The second-order valence-corrected chi connectivity index (χ2v) is 2.61. The quantitative estimate of drug-likeness (QED) is 0.567. The number of ether oxygens (including phenoxy) is 1. The molecule has 1 aliphatic rings. The maximum absolute atomic E-state index is 8.10. The maximum atomic E-state index is 8.10. The lowest BCUT2D eigenvalue weighted by Crippen LogP contribution is -2.31. The Bertz CT molecular complexity index is 124. The molecule has 0 aromatic rings. The number of hydrogen-bond acceptors (Lipinski definition) is 3. The van der Waals surface area contributed by atoms with Crippen molar-refractivity contribution in [3.63, 3.8) is 0 Å². The number of rotatable bonds is 2. The fourth-order valence-electron chi connectivity index (χ4n) is 1.22. The largest absolute Gasteiger partial charge is 0.427 e. The zero-order valence-electron chi connectivity index (χ0n) is 5.97. The van der Waals surface area contributed by atoms with Crippen LogP contribution in [0.3, 0.4) is 0 Å². The maximum Gasteiger partial charge on any atom is 0.286 e. The minimum absolute atomic E-state index is 0.549. The molecule has 0 aromatic heterocycles. The van der Waals surface area contributed by atoms with E-state index in [0.717, 1.165) is 13.1 Å². The predicted molar refractivity (Wildman–Crippen MR) is 37.2 cm³/mol. The van der Waals surface area contributed by atoms with Gasteiger partial charge in [-0.05, 0) is 19.4 Å². The zero-order chi connectivity index (χ0) is 7.23. The Morgan fingerprint density at radius 2 is 2.60 bits per heavy atom. The monoisotopic (exact) mass is 140 g/mol. The van der Waals surface area contributed by atoms with Crippen LogP contribution < -0.4 is 5.32 Å². The average Bonchev–Trinajstić information content (AvgIpc) is 2.03. The number of nitriles is 1. The summed E-state index contributed by atoms with van der Waals surface area (Å²) in [6, 6.07) is 0. The van der Waals surface area contributed by atoms with Crippen molar-refractivity contribution in [1.82, 2.24) is 5.32 Å². The van der Waals surface area contributed by atoms with Crippen molar-refractivity contribution >= 4 is 0 Å². The van der Waals surface area contributed by atoms with Gasteiger partial charge in [0, 0.05) is 12.5 Å². The van der Waals surface area contributed by atoms with Crippen LogP contribution in [0.5, 0.6) is 0 Å². The SMILES string of the molecule is N#COCC1CCCNC1. The van der Waals surface area contributed by atoms with Gasteiger partial charge in [0.15, 0.2) is 0 Å². The van der Waals surface area contributed by atoms with Crippen LogP contribution in [0.1, 0.15) is 12.8 Å². The molecule has 3 nitrogen and oxygen atoms in total. The van der Waals surface area contributed by atoms with E-state index in [1.165, 1.54) is 12.8 Å². The highest BCUT2D eigenvalue weighted by Gasteiger charge is 2.12. The Hall–Kier alpha value is -0.750. The highest BCUT2D eigenvalue weighted by molar-refractivity contribution is 4.69. The van der Waals surface area contributed by atoms with E-state index < -0.39 is 0 Å². The van der Waals surface area contributed by atoms with E-state index in [1.807, 2.05) is 0 Å². The van der Waals surface area contributed by atoms with Crippen LogP contribution in [0.25, 0.3) is 0 Å². The summed E-state index contributed by atoms with van der Waals surface area (Å²) in [6.07, 6.45) is 4.08. The summed E-state index contributed by atoms with van der Waals surface area (Å²) < 4.78 is 4.64. The van der Waals surface area contributed by atoms with E-state index in [2.05, 4.69) is 10.1 Å². The van der Waals surface area contributed by atoms with Gasteiger partial charge in [0.05, 0.1) is 0 Å². The molecule has 3 heteroatoms. The van der Waals surface area contributed by atoms with Crippen molar-refractivity contribution in [2.75, 3.05) is 19.7 Å². The molecule has 10 heavy (non-hydrogen) atoms. The van der Waals surface area contributed by atoms with Gasteiger partial charge in [-0.2, -0.15) is 5.26 Å². The van der Waals surface area contributed by atoms with Gasteiger partial charge >= 0.3 is 0 Å². The molecule has 0 aromatic carbocycles. The molecular formula is C7H12N2O. The molecule has 0 bridgehead atoms. The lowest BCUT2D eigenvalue weighted by atomic mass is 10.0. The molecular weight excluding hydrogens is 128 g/mol. The van der Waals surface area contributed by atoms with Gasteiger partial charge < -0.3 is 10.1 Å². The highest BCUT2D eigenvalue weighted by atomic mass is 16.5. The second-order valence-electron chi connectivity index (χ2n) is 2.61. The van der Waals surface area contributed by atoms with Crippen LogP contribution in [0, 0.1) is 17.4 Å². The molecule has 1 atom stereocenters. The fourth-order valence-corrected chi connectivity index (χ4v) is 1.22. The van der Waals surface area contributed by atoms with Crippen molar-refractivity contribution in [3.8, 4) is 6.26 Å². The molecule has 1 heterocycles. The standard InChI is InChI=1S/C7H12N2O/c8-6-10-5-7-2-1-3-9-4-7/h7,9H,1-5H2. The molecule has 1 fully saturated rings. The van der Waals surface area contributed by atoms with E-state index in [-0.39, 0.29) is 0 Å². The van der Waals surface area contributed by atoms with Crippen LogP contribution in [0.4, 0.5) is 0 Å². The third-order valence-electron chi connectivity index (χ3n) is 1.78. The number of nitrogens with one attached hydrogen (secondary N) is 1. The van der Waals surface area contributed by atoms with Crippen molar-refractivity contribution in [1.29, 1.82) is 5.26 Å². The Kier molecular flexibility index (Phi) is 3.04. The van der Waals surface area contributed by atoms with Gasteiger partial charge in [0.1, 0.15) is 6.61 Å². The number of nitrogens with zero attached hydrogens (tertiary/aromatic N) is 1. The third-order valence-corrected chi connectivity index (χ3v) is 1.78. The van der Waals surface area contributed by atoms with Gasteiger partial charge in [0.2, 0.25) is 0 Å². The molecule has 0 saturated carbocycles. The summed E-state index contributed by atoms with van der Waals surface area (Å²) in [5, 5.41) is 11.4. The number of hydrogen-bond donors (Lipinski definition) is 1. The molecule has 0 radical (unpaired) electrons. The highest BCUT2D eigenvalue weighted by Crippen LogP contribution is 2.09. The Morgan fingerprint density at radius 3 is 3.20 bits per heavy atom. The van der Waals surface area contributed by atoms with E-state index in [0.29, 0.717) is 12.5 Å². The van der Waals surface area contributed by atoms with Gasteiger partial charge in [-0.3, -0.25) is 0 Å². The Balaban J connectivity index is 2.09. The first kappa shape index (κ1) is 7.36. The summed E-state index contributed by atoms with van der Waals surface area (Å²) in [5.74, 6) is 0.549. The Morgan fingerprint density at radius 1 is 1.70 bits per heavy atom.